The van der Waals surface area contributed by atoms with Crippen LogP contribution in [0.2, 0.25) is 0 Å². The standard InChI is InChI=1S/C16H13NO5/c1-22-16(21)12-5-3-2-4-11(12)9-17-13-8-10(15(19)20)6-7-14(13)18/h2-9,18H,1H3,(H,19,20). The highest BCUT2D eigenvalue weighted by atomic mass is 16.5. The number of aromatic hydroxyl groups is 1. The lowest BCUT2D eigenvalue weighted by Gasteiger charge is -2.04. The summed E-state index contributed by atoms with van der Waals surface area (Å²) >= 11 is 0. The summed E-state index contributed by atoms with van der Waals surface area (Å²) in [7, 11) is 1.28. The Hall–Kier alpha value is -3.15. The van der Waals surface area contributed by atoms with Crippen molar-refractivity contribution in [2.24, 2.45) is 4.99 Å². The van der Waals surface area contributed by atoms with E-state index in [0.717, 1.165) is 0 Å². The number of carbonyl (C=O) groups is 2. The van der Waals surface area contributed by atoms with Gasteiger partial charge in [0.2, 0.25) is 0 Å². The Bertz CT molecular complexity index is 752. The van der Waals surface area contributed by atoms with Crippen LogP contribution in [0.3, 0.4) is 0 Å². The van der Waals surface area contributed by atoms with E-state index in [4.69, 9.17) is 5.11 Å². The minimum atomic E-state index is -1.12. The summed E-state index contributed by atoms with van der Waals surface area (Å²) < 4.78 is 4.68. The van der Waals surface area contributed by atoms with Crippen LogP contribution in [0.5, 0.6) is 5.75 Å². The Balaban J connectivity index is 2.39. The van der Waals surface area contributed by atoms with Gasteiger partial charge in [0.25, 0.3) is 0 Å². The molecular formula is C16H13NO5. The quantitative estimate of drug-likeness (QED) is 0.668. The Morgan fingerprint density at radius 2 is 1.91 bits per heavy atom. The molecule has 2 aromatic rings. The van der Waals surface area contributed by atoms with E-state index in [1.807, 2.05) is 0 Å². The number of hydrogen-bond acceptors (Lipinski definition) is 5. The van der Waals surface area contributed by atoms with Crippen molar-refractivity contribution < 1.29 is 24.5 Å². The molecule has 112 valence electrons. The predicted molar refractivity (Wildman–Crippen MR) is 80.1 cm³/mol. The molecule has 0 atom stereocenters. The number of ether oxygens (including phenoxy) is 1. The molecular weight excluding hydrogens is 286 g/mol. The fourth-order valence-corrected chi connectivity index (χ4v) is 1.80. The smallest absolute Gasteiger partial charge is 0.338 e. The largest absolute Gasteiger partial charge is 0.506 e. The molecule has 2 aromatic carbocycles. The Kier molecular flexibility index (Phi) is 4.53. The second-order valence-corrected chi connectivity index (χ2v) is 4.35. The number of phenolic OH excluding ortho intramolecular Hbond substituents is 1. The van der Waals surface area contributed by atoms with Gasteiger partial charge >= 0.3 is 11.9 Å². The number of nitrogens with zero attached hydrogens (tertiary/aromatic N) is 1. The zero-order valence-electron chi connectivity index (χ0n) is 11.7. The lowest BCUT2D eigenvalue weighted by atomic mass is 10.1. The molecule has 0 radical (unpaired) electrons. The molecule has 2 rings (SSSR count). The van der Waals surface area contributed by atoms with Crippen LogP contribution in [0.4, 0.5) is 5.69 Å². The molecule has 0 aliphatic rings. The van der Waals surface area contributed by atoms with Crippen molar-refractivity contribution in [2.45, 2.75) is 0 Å². The van der Waals surface area contributed by atoms with Gasteiger partial charge in [-0.15, -0.1) is 0 Å². The maximum Gasteiger partial charge on any atom is 0.338 e. The number of hydrogen-bond donors (Lipinski definition) is 2. The van der Waals surface area contributed by atoms with Gasteiger partial charge in [0, 0.05) is 11.8 Å². The van der Waals surface area contributed by atoms with Crippen LogP contribution in [0.1, 0.15) is 26.3 Å². The van der Waals surface area contributed by atoms with Gasteiger partial charge in [-0.1, -0.05) is 18.2 Å². The number of esters is 1. The molecule has 0 saturated carbocycles. The number of aliphatic imine (C=N–C) groups is 1. The predicted octanol–water partition coefficient (Wildman–Crippen LogP) is 2.63. The molecule has 0 amide bonds. The summed E-state index contributed by atoms with van der Waals surface area (Å²) in [5.41, 5.74) is 0.919. The fourth-order valence-electron chi connectivity index (χ4n) is 1.80. The topological polar surface area (TPSA) is 96.2 Å². The first-order chi connectivity index (χ1) is 10.5. The van der Waals surface area contributed by atoms with E-state index in [9.17, 15) is 14.7 Å². The van der Waals surface area contributed by atoms with Crippen molar-refractivity contribution >= 4 is 23.8 Å². The van der Waals surface area contributed by atoms with Crippen molar-refractivity contribution in [3.05, 3.63) is 59.2 Å². The van der Waals surface area contributed by atoms with Crippen molar-refractivity contribution in [3.8, 4) is 5.75 Å². The van der Waals surface area contributed by atoms with Crippen LogP contribution >= 0.6 is 0 Å². The van der Waals surface area contributed by atoms with E-state index in [0.29, 0.717) is 11.1 Å². The van der Waals surface area contributed by atoms with Gasteiger partial charge < -0.3 is 14.9 Å². The van der Waals surface area contributed by atoms with Gasteiger partial charge in [-0.25, -0.2) is 9.59 Å². The lowest BCUT2D eigenvalue weighted by Crippen LogP contribution is -2.04. The van der Waals surface area contributed by atoms with Crippen LogP contribution in [-0.4, -0.2) is 35.5 Å². The van der Waals surface area contributed by atoms with Crippen LogP contribution in [0, 0.1) is 0 Å². The normalized spacial score (nSPS) is 10.6. The molecule has 0 heterocycles. The fraction of sp³-hybridized carbons (Fsp3) is 0.0625. The monoisotopic (exact) mass is 299 g/mol. The molecule has 22 heavy (non-hydrogen) atoms. The third-order valence-corrected chi connectivity index (χ3v) is 2.93. The van der Waals surface area contributed by atoms with E-state index >= 15 is 0 Å². The number of carboxylic acid groups (broad SMARTS) is 1. The zero-order chi connectivity index (χ0) is 16.1. The highest BCUT2D eigenvalue weighted by molar-refractivity contribution is 6.00. The van der Waals surface area contributed by atoms with E-state index in [1.165, 1.54) is 31.5 Å². The van der Waals surface area contributed by atoms with Crippen molar-refractivity contribution in [1.29, 1.82) is 0 Å². The van der Waals surface area contributed by atoms with Crippen molar-refractivity contribution in [2.75, 3.05) is 7.11 Å². The zero-order valence-corrected chi connectivity index (χ0v) is 11.7. The van der Waals surface area contributed by atoms with E-state index < -0.39 is 11.9 Å². The van der Waals surface area contributed by atoms with Gasteiger partial charge in [-0.2, -0.15) is 0 Å². The summed E-state index contributed by atoms with van der Waals surface area (Å²) in [4.78, 5) is 26.6. The summed E-state index contributed by atoms with van der Waals surface area (Å²) in [6, 6.07) is 10.4. The number of methoxy groups -OCH3 is 1. The molecule has 0 aliphatic heterocycles. The Morgan fingerprint density at radius 3 is 2.59 bits per heavy atom. The SMILES string of the molecule is COC(=O)c1ccccc1C=Nc1cc(C(=O)O)ccc1O. The summed E-state index contributed by atoms with van der Waals surface area (Å²) in [6.45, 7) is 0. The first-order valence-electron chi connectivity index (χ1n) is 6.30. The third-order valence-electron chi connectivity index (χ3n) is 2.93. The molecule has 0 spiro atoms. The molecule has 0 aliphatic carbocycles. The minimum absolute atomic E-state index is 0.00574. The molecule has 0 saturated heterocycles. The number of aromatic carboxylic acids is 1. The van der Waals surface area contributed by atoms with Crippen LogP contribution in [0.15, 0.2) is 47.5 Å². The van der Waals surface area contributed by atoms with Gasteiger partial charge in [0.15, 0.2) is 0 Å². The van der Waals surface area contributed by atoms with Crippen LogP contribution in [0.25, 0.3) is 0 Å². The molecule has 6 nitrogen and oxygen atoms in total. The van der Waals surface area contributed by atoms with Gasteiger partial charge in [-0.3, -0.25) is 4.99 Å². The van der Waals surface area contributed by atoms with E-state index in [-0.39, 0.29) is 17.0 Å². The Morgan fingerprint density at radius 1 is 1.18 bits per heavy atom. The highest BCUT2D eigenvalue weighted by Crippen LogP contribution is 2.27. The molecule has 0 aromatic heterocycles. The van der Waals surface area contributed by atoms with Crippen LogP contribution < -0.4 is 0 Å². The number of benzene rings is 2. The van der Waals surface area contributed by atoms with Gasteiger partial charge in [-0.05, 0) is 24.3 Å². The summed E-state index contributed by atoms with van der Waals surface area (Å²) in [6.07, 6.45) is 1.37. The molecule has 0 unspecified atom stereocenters. The molecule has 0 bridgehead atoms. The van der Waals surface area contributed by atoms with E-state index in [1.54, 1.807) is 24.3 Å². The number of phenols is 1. The lowest BCUT2D eigenvalue weighted by molar-refractivity contribution is 0.0599. The minimum Gasteiger partial charge on any atom is -0.506 e. The maximum absolute atomic E-state index is 11.6. The van der Waals surface area contributed by atoms with Gasteiger partial charge in [0.05, 0.1) is 18.2 Å². The number of rotatable bonds is 4. The summed E-state index contributed by atoms with van der Waals surface area (Å²) in [5, 5.41) is 18.7. The maximum atomic E-state index is 11.6. The van der Waals surface area contributed by atoms with Crippen LogP contribution in [-0.2, 0) is 4.74 Å². The average molecular weight is 299 g/mol. The summed E-state index contributed by atoms with van der Waals surface area (Å²) in [5.74, 6) is -1.78. The Labute approximate surface area is 126 Å². The molecule has 2 N–H and O–H groups in total. The first kappa shape index (κ1) is 15.2. The number of carboxylic acids is 1. The third kappa shape index (κ3) is 3.29. The first-order valence-corrected chi connectivity index (χ1v) is 6.30. The van der Waals surface area contributed by atoms with E-state index in [2.05, 4.69) is 9.73 Å². The van der Waals surface area contributed by atoms with Crippen molar-refractivity contribution in [1.82, 2.24) is 0 Å². The second-order valence-electron chi connectivity index (χ2n) is 4.35. The average Bonchev–Trinajstić information content (AvgIpc) is 2.53. The molecule has 6 heteroatoms. The van der Waals surface area contributed by atoms with Crippen molar-refractivity contribution in [3.63, 3.8) is 0 Å². The second kappa shape index (κ2) is 6.53. The molecule has 0 fully saturated rings. The number of carbonyl (C=O) groups excluding carboxylic acids is 1. The highest BCUT2D eigenvalue weighted by Gasteiger charge is 2.10. The van der Waals surface area contributed by atoms with Gasteiger partial charge in [0.1, 0.15) is 11.4 Å².